The molecule has 1 aromatic carbocycles. The highest BCUT2D eigenvalue weighted by Crippen LogP contribution is 2.24. The van der Waals surface area contributed by atoms with Gasteiger partial charge >= 0.3 is 0 Å². The third kappa shape index (κ3) is 2.91. The third-order valence-corrected chi connectivity index (χ3v) is 4.82. The van der Waals surface area contributed by atoms with Gasteiger partial charge in [0.25, 0.3) is 0 Å². The van der Waals surface area contributed by atoms with Gasteiger partial charge in [-0.15, -0.1) is 21.5 Å². The molecule has 0 saturated carbocycles. The van der Waals surface area contributed by atoms with Crippen molar-refractivity contribution in [2.75, 3.05) is 0 Å². The fourth-order valence-corrected chi connectivity index (χ4v) is 3.48. The maximum atomic E-state index is 4.57. The molecule has 0 aliphatic rings. The molecular weight excluding hydrogens is 288 g/mol. The minimum atomic E-state index is 0.821. The lowest BCUT2D eigenvalue weighted by Crippen LogP contribution is -1.95. The van der Waals surface area contributed by atoms with Gasteiger partial charge in [-0.1, -0.05) is 36.9 Å². The molecule has 0 fully saturated rings. The lowest BCUT2D eigenvalue weighted by molar-refractivity contribution is 0.883. The normalized spacial score (nSPS) is 10.8. The number of rotatable bonds is 5. The summed E-state index contributed by atoms with van der Waals surface area (Å²) in [5.41, 5.74) is 2.19. The van der Waals surface area contributed by atoms with Crippen LogP contribution in [0.15, 0.2) is 47.2 Å². The molecule has 6 heteroatoms. The van der Waals surface area contributed by atoms with Crippen LogP contribution in [0.5, 0.6) is 0 Å². The van der Waals surface area contributed by atoms with Crippen molar-refractivity contribution in [2.24, 2.45) is 0 Å². The molecule has 0 spiro atoms. The summed E-state index contributed by atoms with van der Waals surface area (Å²) in [5.74, 6) is 0.821. The van der Waals surface area contributed by atoms with Crippen LogP contribution in [0.3, 0.4) is 0 Å². The molecule has 4 nitrogen and oxygen atoms in total. The molecule has 0 bridgehead atoms. The van der Waals surface area contributed by atoms with Gasteiger partial charge in [-0.25, -0.2) is 4.98 Å². The first-order valence-electron chi connectivity index (χ1n) is 6.38. The average Bonchev–Trinajstić information content (AvgIpc) is 3.15. The van der Waals surface area contributed by atoms with Crippen LogP contribution in [0.1, 0.15) is 17.6 Å². The second-order valence-corrected chi connectivity index (χ2v) is 6.08. The minimum Gasteiger partial charge on any atom is -0.277 e. The van der Waals surface area contributed by atoms with E-state index in [2.05, 4.69) is 27.5 Å². The first-order chi connectivity index (χ1) is 9.86. The molecule has 0 saturated heterocycles. The van der Waals surface area contributed by atoms with Crippen LogP contribution in [0.2, 0.25) is 0 Å². The lowest BCUT2D eigenvalue weighted by atomic mass is 10.3. The van der Waals surface area contributed by atoms with Crippen LogP contribution in [0.25, 0.3) is 5.69 Å². The van der Waals surface area contributed by atoms with Crippen molar-refractivity contribution >= 4 is 23.1 Å². The van der Waals surface area contributed by atoms with E-state index in [1.165, 1.54) is 5.01 Å². The highest BCUT2D eigenvalue weighted by atomic mass is 32.2. The molecule has 0 radical (unpaired) electrons. The van der Waals surface area contributed by atoms with Gasteiger partial charge in [0.15, 0.2) is 5.16 Å². The van der Waals surface area contributed by atoms with Crippen molar-refractivity contribution in [1.29, 1.82) is 0 Å². The molecule has 3 rings (SSSR count). The number of thiazole rings is 1. The van der Waals surface area contributed by atoms with Crippen molar-refractivity contribution in [3.63, 3.8) is 0 Å². The third-order valence-electron chi connectivity index (χ3n) is 2.80. The van der Waals surface area contributed by atoms with Gasteiger partial charge in [0.2, 0.25) is 0 Å². The minimum absolute atomic E-state index is 0.821. The van der Waals surface area contributed by atoms with E-state index in [-0.39, 0.29) is 0 Å². The monoisotopic (exact) mass is 302 g/mol. The summed E-state index contributed by atoms with van der Waals surface area (Å²) < 4.78 is 2.00. The van der Waals surface area contributed by atoms with Crippen molar-refractivity contribution < 1.29 is 0 Å². The molecule has 0 amide bonds. The van der Waals surface area contributed by atoms with E-state index in [1.807, 2.05) is 34.9 Å². The van der Waals surface area contributed by atoms with E-state index in [9.17, 15) is 0 Å². The Morgan fingerprint density at radius 1 is 1.25 bits per heavy atom. The maximum Gasteiger partial charge on any atom is 0.195 e. The summed E-state index contributed by atoms with van der Waals surface area (Å²) >= 11 is 3.38. The Labute approximate surface area is 125 Å². The second kappa shape index (κ2) is 6.19. The van der Waals surface area contributed by atoms with Crippen LogP contribution in [-0.4, -0.2) is 19.7 Å². The predicted octanol–water partition coefficient (Wildman–Crippen LogP) is 3.58. The van der Waals surface area contributed by atoms with Gasteiger partial charge in [-0.05, 0) is 18.6 Å². The molecular formula is C14H14N4S2. The Morgan fingerprint density at radius 2 is 2.10 bits per heavy atom. The number of benzene rings is 1. The number of hydrogen-bond acceptors (Lipinski definition) is 5. The van der Waals surface area contributed by atoms with Crippen LogP contribution in [-0.2, 0) is 12.2 Å². The van der Waals surface area contributed by atoms with Gasteiger partial charge in [0.1, 0.15) is 6.33 Å². The largest absolute Gasteiger partial charge is 0.277 e. The average molecular weight is 302 g/mol. The van der Waals surface area contributed by atoms with Crippen molar-refractivity contribution in [3.8, 4) is 5.69 Å². The Bertz CT molecular complexity index is 675. The summed E-state index contributed by atoms with van der Waals surface area (Å²) in [6.07, 6.45) is 2.74. The standard InChI is InChI=1S/C14H14N4S2/c1-2-13-16-11(8-19-13)9-20-14-17-15-10-18(14)12-6-4-3-5-7-12/h3-8,10H,2,9H2,1H3. The van der Waals surface area contributed by atoms with Crippen LogP contribution >= 0.6 is 23.1 Å². The molecule has 0 aliphatic carbocycles. The highest BCUT2D eigenvalue weighted by Gasteiger charge is 2.08. The summed E-state index contributed by atoms with van der Waals surface area (Å²) in [5, 5.41) is 12.4. The smallest absolute Gasteiger partial charge is 0.195 e. The Balaban J connectivity index is 1.74. The first-order valence-corrected chi connectivity index (χ1v) is 8.25. The van der Waals surface area contributed by atoms with E-state index < -0.39 is 0 Å². The molecule has 3 aromatic rings. The van der Waals surface area contributed by atoms with E-state index in [1.54, 1.807) is 29.4 Å². The zero-order valence-corrected chi connectivity index (χ0v) is 12.7. The van der Waals surface area contributed by atoms with Crippen LogP contribution in [0, 0.1) is 0 Å². The van der Waals surface area contributed by atoms with E-state index in [0.717, 1.165) is 28.7 Å². The lowest BCUT2D eigenvalue weighted by Gasteiger charge is -2.04. The fraction of sp³-hybridized carbons (Fsp3) is 0.214. The van der Waals surface area contributed by atoms with Crippen molar-refractivity contribution in [3.05, 3.63) is 52.7 Å². The summed E-state index contributed by atoms with van der Waals surface area (Å²) in [6, 6.07) is 10.1. The second-order valence-electron chi connectivity index (χ2n) is 4.19. The molecule has 0 atom stereocenters. The molecule has 2 aromatic heterocycles. The van der Waals surface area contributed by atoms with Crippen LogP contribution in [0.4, 0.5) is 0 Å². The van der Waals surface area contributed by atoms with E-state index >= 15 is 0 Å². The SMILES string of the molecule is CCc1nc(CSc2nncn2-c2ccccc2)cs1. The number of nitrogens with zero attached hydrogens (tertiary/aromatic N) is 4. The highest BCUT2D eigenvalue weighted by molar-refractivity contribution is 7.98. The number of hydrogen-bond donors (Lipinski definition) is 0. The Kier molecular flexibility index (Phi) is 4.13. The van der Waals surface area contributed by atoms with Crippen molar-refractivity contribution in [2.45, 2.75) is 24.3 Å². The van der Waals surface area contributed by atoms with Gasteiger partial charge in [0.05, 0.1) is 10.7 Å². The first kappa shape index (κ1) is 13.3. The maximum absolute atomic E-state index is 4.57. The fourth-order valence-electron chi connectivity index (χ4n) is 1.80. The van der Waals surface area contributed by atoms with Crippen LogP contribution < -0.4 is 0 Å². The Hall–Kier alpha value is -1.66. The molecule has 20 heavy (non-hydrogen) atoms. The predicted molar refractivity (Wildman–Crippen MR) is 82.4 cm³/mol. The molecule has 2 heterocycles. The number of aromatic nitrogens is 4. The Morgan fingerprint density at radius 3 is 2.85 bits per heavy atom. The molecule has 0 N–H and O–H groups in total. The van der Waals surface area contributed by atoms with Gasteiger partial charge in [0, 0.05) is 16.8 Å². The molecule has 0 aliphatic heterocycles. The number of thioether (sulfide) groups is 1. The molecule has 0 unspecified atom stereocenters. The number of para-hydroxylation sites is 1. The topological polar surface area (TPSA) is 43.6 Å². The number of aryl methyl sites for hydroxylation is 1. The zero-order valence-electron chi connectivity index (χ0n) is 11.1. The van der Waals surface area contributed by atoms with Gasteiger partial charge in [-0.3, -0.25) is 4.57 Å². The molecule has 102 valence electrons. The van der Waals surface area contributed by atoms with Crippen molar-refractivity contribution in [1.82, 2.24) is 19.7 Å². The van der Waals surface area contributed by atoms with Gasteiger partial charge < -0.3 is 0 Å². The zero-order chi connectivity index (χ0) is 13.8. The quantitative estimate of drug-likeness (QED) is 0.676. The van der Waals surface area contributed by atoms with E-state index in [4.69, 9.17) is 0 Å². The summed E-state index contributed by atoms with van der Waals surface area (Å²) in [4.78, 5) is 4.57. The summed E-state index contributed by atoms with van der Waals surface area (Å²) in [7, 11) is 0. The summed E-state index contributed by atoms with van der Waals surface area (Å²) in [6.45, 7) is 2.13. The van der Waals surface area contributed by atoms with Gasteiger partial charge in [-0.2, -0.15) is 0 Å². The van der Waals surface area contributed by atoms with E-state index in [0.29, 0.717) is 0 Å².